The van der Waals surface area contributed by atoms with Crippen LogP contribution in [0, 0.1) is 0 Å². The highest BCUT2D eigenvalue weighted by atomic mass is 16.1. The highest BCUT2D eigenvalue weighted by Crippen LogP contribution is 2.16. The summed E-state index contributed by atoms with van der Waals surface area (Å²) in [5.41, 5.74) is 3.00. The third kappa shape index (κ3) is 2.94. The lowest BCUT2D eigenvalue weighted by atomic mass is 10.1. The Bertz CT molecular complexity index is 762. The van der Waals surface area contributed by atoms with Crippen molar-refractivity contribution in [3.05, 3.63) is 66.1 Å². The van der Waals surface area contributed by atoms with Gasteiger partial charge in [0.15, 0.2) is 0 Å². The van der Waals surface area contributed by atoms with E-state index in [-0.39, 0.29) is 5.91 Å². The monoisotopic (exact) mass is 279 g/mol. The Labute approximate surface area is 123 Å². The quantitative estimate of drug-likeness (QED) is 0.798. The predicted molar refractivity (Wildman–Crippen MR) is 83.2 cm³/mol. The van der Waals surface area contributed by atoms with Crippen LogP contribution in [0.4, 0.5) is 0 Å². The van der Waals surface area contributed by atoms with Crippen LogP contribution in [-0.4, -0.2) is 22.0 Å². The van der Waals surface area contributed by atoms with Gasteiger partial charge in [0, 0.05) is 48.6 Å². The number of nitrogens with zero attached hydrogens (tertiary/aromatic N) is 2. The standard InChI is InChI=1S/C17H17N3O/c1-20-11-7-14-12-15(2-3-16(14)20)17(21)19-10-6-13-4-8-18-9-5-13/h2-5,7-9,11-12H,6,10H2,1H3,(H,19,21). The molecule has 3 aromatic rings. The SMILES string of the molecule is Cn1ccc2cc(C(=O)NCCc3ccncc3)ccc21. The van der Waals surface area contributed by atoms with E-state index in [4.69, 9.17) is 0 Å². The number of benzene rings is 1. The fourth-order valence-electron chi connectivity index (χ4n) is 2.39. The molecule has 1 N–H and O–H groups in total. The minimum atomic E-state index is -0.0326. The van der Waals surface area contributed by atoms with E-state index in [1.165, 1.54) is 5.56 Å². The Hall–Kier alpha value is -2.62. The van der Waals surface area contributed by atoms with Gasteiger partial charge in [-0.3, -0.25) is 9.78 Å². The van der Waals surface area contributed by atoms with Crippen molar-refractivity contribution in [2.45, 2.75) is 6.42 Å². The van der Waals surface area contributed by atoms with Gasteiger partial charge in [-0.05, 0) is 48.4 Å². The van der Waals surface area contributed by atoms with E-state index in [1.807, 2.05) is 54.2 Å². The third-order valence-corrected chi connectivity index (χ3v) is 3.60. The fourth-order valence-corrected chi connectivity index (χ4v) is 2.39. The third-order valence-electron chi connectivity index (χ3n) is 3.60. The molecule has 3 rings (SSSR count). The number of pyridine rings is 1. The molecule has 0 bridgehead atoms. The zero-order chi connectivity index (χ0) is 14.7. The highest BCUT2D eigenvalue weighted by molar-refractivity contribution is 5.98. The zero-order valence-corrected chi connectivity index (χ0v) is 11.9. The summed E-state index contributed by atoms with van der Waals surface area (Å²) in [5.74, 6) is -0.0326. The van der Waals surface area contributed by atoms with Crippen LogP contribution in [0.3, 0.4) is 0 Å². The molecule has 4 nitrogen and oxygen atoms in total. The van der Waals surface area contributed by atoms with Gasteiger partial charge in [-0.1, -0.05) is 0 Å². The molecular formula is C17H17N3O. The van der Waals surface area contributed by atoms with Crippen LogP contribution in [0.2, 0.25) is 0 Å². The second-order valence-corrected chi connectivity index (χ2v) is 5.06. The van der Waals surface area contributed by atoms with Gasteiger partial charge < -0.3 is 9.88 Å². The molecule has 0 aliphatic heterocycles. The number of amides is 1. The van der Waals surface area contributed by atoms with E-state index in [9.17, 15) is 4.79 Å². The van der Waals surface area contributed by atoms with Gasteiger partial charge in [0.2, 0.25) is 0 Å². The van der Waals surface area contributed by atoms with Gasteiger partial charge in [-0.2, -0.15) is 0 Å². The summed E-state index contributed by atoms with van der Waals surface area (Å²) in [7, 11) is 2.00. The first-order valence-electron chi connectivity index (χ1n) is 6.96. The molecule has 2 heterocycles. The number of hydrogen-bond acceptors (Lipinski definition) is 2. The molecule has 106 valence electrons. The van der Waals surface area contributed by atoms with E-state index in [1.54, 1.807) is 12.4 Å². The lowest BCUT2D eigenvalue weighted by Crippen LogP contribution is -2.25. The molecule has 0 radical (unpaired) electrons. The summed E-state index contributed by atoms with van der Waals surface area (Å²) in [6.45, 7) is 0.621. The Kier molecular flexibility index (Phi) is 3.69. The van der Waals surface area contributed by atoms with Gasteiger partial charge in [0.25, 0.3) is 5.91 Å². The van der Waals surface area contributed by atoms with Gasteiger partial charge >= 0.3 is 0 Å². The van der Waals surface area contributed by atoms with Crippen molar-refractivity contribution in [3.63, 3.8) is 0 Å². The molecule has 0 fully saturated rings. The van der Waals surface area contributed by atoms with Crippen LogP contribution in [-0.2, 0) is 13.5 Å². The summed E-state index contributed by atoms with van der Waals surface area (Å²) in [6, 6.07) is 11.7. The van der Waals surface area contributed by atoms with E-state index in [2.05, 4.69) is 10.3 Å². The van der Waals surface area contributed by atoms with Gasteiger partial charge in [0.1, 0.15) is 0 Å². The van der Waals surface area contributed by atoms with Crippen LogP contribution in [0.25, 0.3) is 10.9 Å². The maximum Gasteiger partial charge on any atom is 0.251 e. The minimum absolute atomic E-state index is 0.0326. The van der Waals surface area contributed by atoms with Crippen LogP contribution in [0.15, 0.2) is 55.0 Å². The molecule has 0 saturated carbocycles. The largest absolute Gasteiger partial charge is 0.352 e. The van der Waals surface area contributed by atoms with Crippen LogP contribution in [0.5, 0.6) is 0 Å². The lowest BCUT2D eigenvalue weighted by Gasteiger charge is -2.06. The molecule has 21 heavy (non-hydrogen) atoms. The van der Waals surface area contributed by atoms with Crippen LogP contribution >= 0.6 is 0 Å². The predicted octanol–water partition coefficient (Wildman–Crippen LogP) is 2.55. The Morgan fingerprint density at radius 2 is 2.00 bits per heavy atom. The summed E-state index contributed by atoms with van der Waals surface area (Å²) in [6.07, 6.45) is 6.33. The van der Waals surface area contributed by atoms with Crippen molar-refractivity contribution in [2.24, 2.45) is 7.05 Å². The number of aromatic nitrogens is 2. The van der Waals surface area contributed by atoms with Crippen molar-refractivity contribution < 1.29 is 4.79 Å². The average Bonchev–Trinajstić information content (AvgIpc) is 2.89. The van der Waals surface area contributed by atoms with E-state index >= 15 is 0 Å². The normalized spacial score (nSPS) is 10.7. The number of rotatable bonds is 4. The van der Waals surface area contributed by atoms with E-state index < -0.39 is 0 Å². The Morgan fingerprint density at radius 1 is 1.19 bits per heavy atom. The molecule has 1 aromatic carbocycles. The fraction of sp³-hybridized carbons (Fsp3) is 0.176. The number of aryl methyl sites for hydroxylation is 1. The van der Waals surface area contributed by atoms with Crippen molar-refractivity contribution in [1.82, 2.24) is 14.9 Å². The lowest BCUT2D eigenvalue weighted by molar-refractivity contribution is 0.0954. The molecule has 0 aliphatic rings. The van der Waals surface area contributed by atoms with Crippen LogP contribution in [0.1, 0.15) is 15.9 Å². The van der Waals surface area contributed by atoms with Crippen molar-refractivity contribution in [3.8, 4) is 0 Å². The molecule has 0 spiro atoms. The van der Waals surface area contributed by atoms with Gasteiger partial charge in [-0.25, -0.2) is 0 Å². The number of fused-ring (bicyclic) bond motifs is 1. The van der Waals surface area contributed by atoms with E-state index in [0.29, 0.717) is 12.1 Å². The molecule has 0 saturated heterocycles. The number of nitrogens with one attached hydrogen (secondary N) is 1. The molecule has 4 heteroatoms. The molecule has 1 amide bonds. The molecule has 2 aromatic heterocycles. The summed E-state index contributed by atoms with van der Waals surface area (Å²) < 4.78 is 2.04. The molecular weight excluding hydrogens is 262 g/mol. The first-order valence-corrected chi connectivity index (χ1v) is 6.96. The van der Waals surface area contributed by atoms with Crippen molar-refractivity contribution in [1.29, 1.82) is 0 Å². The smallest absolute Gasteiger partial charge is 0.251 e. The topological polar surface area (TPSA) is 46.9 Å². The first kappa shape index (κ1) is 13.4. The Balaban J connectivity index is 1.64. The second-order valence-electron chi connectivity index (χ2n) is 5.06. The zero-order valence-electron chi connectivity index (χ0n) is 11.9. The van der Waals surface area contributed by atoms with Crippen molar-refractivity contribution >= 4 is 16.8 Å². The van der Waals surface area contributed by atoms with Crippen molar-refractivity contribution in [2.75, 3.05) is 6.54 Å². The molecule has 0 atom stereocenters. The second kappa shape index (κ2) is 5.79. The van der Waals surface area contributed by atoms with Gasteiger partial charge in [0.05, 0.1) is 0 Å². The van der Waals surface area contributed by atoms with Crippen LogP contribution < -0.4 is 5.32 Å². The molecule has 0 aliphatic carbocycles. The highest BCUT2D eigenvalue weighted by Gasteiger charge is 2.07. The maximum absolute atomic E-state index is 12.2. The summed E-state index contributed by atoms with van der Waals surface area (Å²) in [5, 5.41) is 4.04. The van der Waals surface area contributed by atoms with Gasteiger partial charge in [-0.15, -0.1) is 0 Å². The number of carbonyl (C=O) groups excluding carboxylic acids is 1. The summed E-state index contributed by atoms with van der Waals surface area (Å²) >= 11 is 0. The Morgan fingerprint density at radius 3 is 2.81 bits per heavy atom. The number of carbonyl (C=O) groups is 1. The average molecular weight is 279 g/mol. The maximum atomic E-state index is 12.2. The minimum Gasteiger partial charge on any atom is -0.352 e. The molecule has 0 unspecified atom stereocenters. The number of hydrogen-bond donors (Lipinski definition) is 1. The van der Waals surface area contributed by atoms with E-state index in [0.717, 1.165) is 17.3 Å². The first-order chi connectivity index (χ1) is 10.2. The summed E-state index contributed by atoms with van der Waals surface area (Å²) in [4.78, 5) is 16.1.